The number of carbonyl (C=O) groups is 1. The molecule has 0 aliphatic heterocycles. The van der Waals surface area contributed by atoms with Crippen molar-refractivity contribution < 1.29 is 22.7 Å². The molecule has 0 bridgehead atoms. The van der Waals surface area contributed by atoms with Crippen LogP contribution in [0.15, 0.2) is 54.6 Å². The molecule has 0 saturated carbocycles. The van der Waals surface area contributed by atoms with Gasteiger partial charge >= 0.3 is 6.36 Å². The summed E-state index contributed by atoms with van der Waals surface area (Å²) >= 11 is 0. The van der Waals surface area contributed by atoms with Gasteiger partial charge in [-0.3, -0.25) is 4.79 Å². The number of carbonyl (C=O) groups excluding carboxylic acids is 1. The van der Waals surface area contributed by atoms with E-state index in [1.165, 1.54) is 30.4 Å². The smallest absolute Gasteiger partial charge is 0.405 e. The molecule has 0 aromatic heterocycles. The number of para-hydroxylation sites is 1. The monoisotopic (exact) mass is 378 g/mol. The first-order valence-corrected chi connectivity index (χ1v) is 8.30. The second-order valence-electron chi connectivity index (χ2n) is 6.16. The zero-order valence-corrected chi connectivity index (χ0v) is 15.1. The lowest BCUT2D eigenvalue weighted by Gasteiger charge is -2.11. The fourth-order valence-corrected chi connectivity index (χ4v) is 2.29. The number of alkyl halides is 3. The topological polar surface area (TPSA) is 41.6 Å². The number of likely N-dealkylation sites (N-methyl/N-ethyl adjacent to an activating group) is 1. The maximum atomic E-state index is 12.4. The number of amides is 1. The van der Waals surface area contributed by atoms with E-state index >= 15 is 0 Å². The molecule has 144 valence electrons. The van der Waals surface area contributed by atoms with E-state index in [4.69, 9.17) is 0 Å². The van der Waals surface area contributed by atoms with Crippen molar-refractivity contribution in [1.29, 1.82) is 0 Å². The van der Waals surface area contributed by atoms with Gasteiger partial charge in [-0.2, -0.15) is 0 Å². The number of nitrogens with one attached hydrogen (secondary N) is 1. The van der Waals surface area contributed by atoms with Crippen LogP contribution in [-0.4, -0.2) is 37.8 Å². The molecular weight excluding hydrogens is 357 g/mol. The first kappa shape index (κ1) is 20.5. The van der Waals surface area contributed by atoms with Gasteiger partial charge in [-0.25, -0.2) is 0 Å². The molecule has 0 saturated heterocycles. The summed E-state index contributed by atoms with van der Waals surface area (Å²) in [4.78, 5) is 14.1. The lowest BCUT2D eigenvalue weighted by Crippen LogP contribution is -2.17. The Morgan fingerprint density at radius 2 is 1.78 bits per heavy atom. The van der Waals surface area contributed by atoms with E-state index in [0.29, 0.717) is 5.69 Å². The molecule has 2 rings (SSSR count). The number of halogens is 3. The number of nitrogens with zero attached hydrogens (tertiary/aromatic N) is 1. The molecule has 0 radical (unpaired) electrons. The van der Waals surface area contributed by atoms with Crippen molar-refractivity contribution in [1.82, 2.24) is 4.90 Å². The normalized spacial score (nSPS) is 11.8. The van der Waals surface area contributed by atoms with Crippen LogP contribution >= 0.6 is 0 Å². The molecule has 0 unspecified atom stereocenters. The molecular formula is C20H21F3N2O2. The van der Waals surface area contributed by atoms with Gasteiger partial charge in [0.25, 0.3) is 0 Å². The van der Waals surface area contributed by atoms with Crippen molar-refractivity contribution in [2.45, 2.75) is 12.8 Å². The van der Waals surface area contributed by atoms with E-state index in [9.17, 15) is 18.0 Å². The molecule has 0 aliphatic carbocycles. The van der Waals surface area contributed by atoms with Crippen LogP contribution in [0.25, 0.3) is 6.08 Å². The van der Waals surface area contributed by atoms with Crippen molar-refractivity contribution in [3.8, 4) is 5.75 Å². The molecule has 0 atom stereocenters. The van der Waals surface area contributed by atoms with Crippen molar-refractivity contribution in [2.75, 3.05) is 26.0 Å². The average Bonchev–Trinajstić information content (AvgIpc) is 2.59. The Labute approximate surface area is 156 Å². The molecule has 0 spiro atoms. The second kappa shape index (κ2) is 9.23. The quantitative estimate of drug-likeness (QED) is 0.729. The Kier molecular flexibility index (Phi) is 7.01. The van der Waals surface area contributed by atoms with Gasteiger partial charge in [0.05, 0.1) is 0 Å². The molecule has 0 aliphatic rings. The minimum Gasteiger partial charge on any atom is -0.405 e. The Morgan fingerprint density at radius 1 is 1.11 bits per heavy atom. The Bertz CT molecular complexity index is 785. The van der Waals surface area contributed by atoms with Crippen molar-refractivity contribution in [2.24, 2.45) is 0 Å². The summed E-state index contributed by atoms with van der Waals surface area (Å²) in [5.74, 6) is -0.808. The predicted molar refractivity (Wildman–Crippen MR) is 99.5 cm³/mol. The lowest BCUT2D eigenvalue weighted by molar-refractivity contribution is -0.274. The van der Waals surface area contributed by atoms with Gasteiger partial charge in [0, 0.05) is 23.9 Å². The van der Waals surface area contributed by atoms with Crippen molar-refractivity contribution in [3.63, 3.8) is 0 Å². The summed E-state index contributed by atoms with van der Waals surface area (Å²) < 4.78 is 41.2. The molecule has 27 heavy (non-hydrogen) atoms. The predicted octanol–water partition coefficient (Wildman–Crippen LogP) is 4.34. The van der Waals surface area contributed by atoms with Crippen molar-refractivity contribution in [3.05, 3.63) is 65.7 Å². The third-order valence-corrected chi connectivity index (χ3v) is 3.63. The molecule has 4 nitrogen and oxygen atoms in total. The molecule has 0 fully saturated rings. The fourth-order valence-electron chi connectivity index (χ4n) is 2.29. The minimum atomic E-state index is -4.79. The minimum absolute atomic E-state index is 0.156. The number of benzene rings is 2. The van der Waals surface area contributed by atoms with E-state index in [2.05, 4.69) is 15.0 Å². The summed E-state index contributed by atoms with van der Waals surface area (Å²) in [5.41, 5.74) is 1.91. The first-order chi connectivity index (χ1) is 12.7. The summed E-state index contributed by atoms with van der Waals surface area (Å²) in [6, 6.07) is 13.0. The van der Waals surface area contributed by atoms with Crippen LogP contribution < -0.4 is 10.1 Å². The summed E-state index contributed by atoms with van der Waals surface area (Å²) in [7, 11) is 4.00. The van der Waals surface area contributed by atoms with Gasteiger partial charge < -0.3 is 15.0 Å². The lowest BCUT2D eigenvalue weighted by atomic mass is 10.1. The van der Waals surface area contributed by atoms with Crippen LogP contribution in [0.3, 0.4) is 0 Å². The highest BCUT2D eigenvalue weighted by atomic mass is 19.4. The average molecular weight is 378 g/mol. The zero-order chi connectivity index (χ0) is 19.9. The molecule has 1 amide bonds. The maximum Gasteiger partial charge on any atom is 0.573 e. The Balaban J connectivity index is 1.98. The first-order valence-electron chi connectivity index (χ1n) is 8.30. The van der Waals surface area contributed by atoms with Crippen LogP contribution in [-0.2, 0) is 11.2 Å². The van der Waals surface area contributed by atoms with Crippen LogP contribution in [0.5, 0.6) is 5.75 Å². The van der Waals surface area contributed by atoms with Gasteiger partial charge in [0.2, 0.25) is 5.91 Å². The molecule has 7 heteroatoms. The molecule has 2 aromatic carbocycles. The van der Waals surface area contributed by atoms with E-state index < -0.39 is 12.3 Å². The van der Waals surface area contributed by atoms with Crippen LogP contribution in [0.2, 0.25) is 0 Å². The van der Waals surface area contributed by atoms with Gasteiger partial charge in [-0.1, -0.05) is 30.3 Å². The number of rotatable bonds is 7. The fraction of sp³-hybridized carbons (Fsp3) is 0.250. The summed E-state index contributed by atoms with van der Waals surface area (Å²) in [5, 5.41) is 2.67. The van der Waals surface area contributed by atoms with Gasteiger partial charge in [0.15, 0.2) is 0 Å². The van der Waals surface area contributed by atoms with Crippen LogP contribution in [0.4, 0.5) is 18.9 Å². The molecule has 0 heterocycles. The highest BCUT2D eigenvalue weighted by Gasteiger charge is 2.31. The van der Waals surface area contributed by atoms with E-state index in [1.54, 1.807) is 18.2 Å². The summed E-state index contributed by atoms with van der Waals surface area (Å²) in [6.07, 6.45) is -1.45. The highest BCUT2D eigenvalue weighted by molar-refractivity contribution is 6.02. The van der Waals surface area contributed by atoms with Crippen LogP contribution in [0.1, 0.15) is 11.1 Å². The van der Waals surface area contributed by atoms with Crippen molar-refractivity contribution >= 4 is 17.7 Å². The third kappa shape index (κ3) is 7.53. The van der Waals surface area contributed by atoms with E-state index in [-0.39, 0.29) is 11.3 Å². The SMILES string of the molecule is CN(C)CCc1ccc(NC(=O)/C=C/c2ccccc2OC(F)(F)F)cc1. The molecule has 2 aromatic rings. The number of anilines is 1. The number of hydrogen-bond acceptors (Lipinski definition) is 3. The Morgan fingerprint density at radius 3 is 2.41 bits per heavy atom. The number of hydrogen-bond donors (Lipinski definition) is 1. The zero-order valence-electron chi connectivity index (χ0n) is 15.1. The second-order valence-corrected chi connectivity index (χ2v) is 6.16. The Hall–Kier alpha value is -2.80. The summed E-state index contributed by atoms with van der Waals surface area (Å²) in [6.45, 7) is 0.924. The maximum absolute atomic E-state index is 12.4. The van der Waals surface area contributed by atoms with Gasteiger partial charge in [0.1, 0.15) is 5.75 Å². The van der Waals surface area contributed by atoms with E-state index in [0.717, 1.165) is 18.5 Å². The van der Waals surface area contributed by atoms with E-state index in [1.807, 2.05) is 26.2 Å². The standard InChI is InChI=1S/C20H21F3N2O2/c1-25(2)14-13-15-7-10-17(11-8-15)24-19(26)12-9-16-5-3-4-6-18(16)27-20(21,22)23/h3-12H,13-14H2,1-2H3,(H,24,26)/b12-9+. The third-order valence-electron chi connectivity index (χ3n) is 3.63. The largest absolute Gasteiger partial charge is 0.573 e. The van der Waals surface area contributed by atoms with Gasteiger partial charge in [-0.05, 0) is 50.4 Å². The van der Waals surface area contributed by atoms with Gasteiger partial charge in [-0.15, -0.1) is 13.2 Å². The number of ether oxygens (including phenoxy) is 1. The molecule has 1 N–H and O–H groups in total. The highest BCUT2D eigenvalue weighted by Crippen LogP contribution is 2.27. The van der Waals surface area contributed by atoms with Crippen LogP contribution in [0, 0.1) is 0 Å².